The van der Waals surface area contributed by atoms with Crippen LogP contribution in [-0.2, 0) is 0 Å². The third kappa shape index (κ3) is 1.80. The Labute approximate surface area is 97.0 Å². The van der Waals surface area contributed by atoms with Crippen LogP contribution in [0, 0.1) is 3.57 Å². The van der Waals surface area contributed by atoms with E-state index in [2.05, 4.69) is 39.7 Å². The smallest absolute Gasteiger partial charge is 0.0719 e. The van der Waals surface area contributed by atoms with Crippen LogP contribution in [0.2, 0.25) is 0 Å². The molecule has 0 aliphatic rings. The fraction of sp³-hybridized carbons (Fsp3) is 0.0833. The van der Waals surface area contributed by atoms with E-state index in [4.69, 9.17) is 0 Å². The summed E-state index contributed by atoms with van der Waals surface area (Å²) in [5, 5.41) is 1.22. The molecule has 70 valence electrons. The fourth-order valence-electron chi connectivity index (χ4n) is 1.41. The summed E-state index contributed by atoms with van der Waals surface area (Å²) >= 11 is 2.35. The molecule has 0 radical (unpaired) electrons. The van der Waals surface area contributed by atoms with Crippen LogP contribution in [0.25, 0.3) is 17.0 Å². The van der Waals surface area contributed by atoms with Crippen molar-refractivity contribution >= 4 is 39.6 Å². The predicted molar refractivity (Wildman–Crippen MR) is 69.2 cm³/mol. The molecule has 0 saturated carbocycles. The third-order valence-electron chi connectivity index (χ3n) is 2.02. The average Bonchev–Trinajstić information content (AvgIpc) is 2.18. The zero-order valence-corrected chi connectivity index (χ0v) is 10.0. The summed E-state index contributed by atoms with van der Waals surface area (Å²) in [6.45, 7) is 2.00. The standard InChI is InChI=1S/C12H10IN/c1-2-5-9-8-11(13)10-6-3-4-7-12(10)14-9/h2-8H,1H3/b5-2+. The van der Waals surface area contributed by atoms with E-state index in [9.17, 15) is 0 Å². The molecule has 2 rings (SSSR count). The predicted octanol–water partition coefficient (Wildman–Crippen LogP) is 3.87. The maximum Gasteiger partial charge on any atom is 0.0719 e. The summed E-state index contributed by atoms with van der Waals surface area (Å²) in [6.07, 6.45) is 4.03. The van der Waals surface area contributed by atoms with Crippen molar-refractivity contribution in [2.75, 3.05) is 0 Å². The van der Waals surface area contributed by atoms with Crippen molar-refractivity contribution in [1.29, 1.82) is 0 Å². The molecule has 1 heterocycles. The molecule has 14 heavy (non-hydrogen) atoms. The summed E-state index contributed by atoms with van der Waals surface area (Å²) in [5.74, 6) is 0. The zero-order valence-electron chi connectivity index (χ0n) is 7.87. The minimum absolute atomic E-state index is 1.02. The lowest BCUT2D eigenvalue weighted by Gasteiger charge is -2.01. The Hall–Kier alpha value is -0.900. The Morgan fingerprint density at radius 3 is 2.86 bits per heavy atom. The molecule has 2 aromatic rings. The highest BCUT2D eigenvalue weighted by Gasteiger charge is 2.00. The molecular formula is C12H10IN. The molecule has 0 N–H and O–H groups in total. The van der Waals surface area contributed by atoms with Gasteiger partial charge in [-0.3, -0.25) is 0 Å². The summed E-state index contributed by atoms with van der Waals surface area (Å²) in [7, 11) is 0. The first-order chi connectivity index (χ1) is 6.81. The number of fused-ring (bicyclic) bond motifs is 1. The fourth-order valence-corrected chi connectivity index (χ4v) is 2.18. The van der Waals surface area contributed by atoms with Crippen LogP contribution in [-0.4, -0.2) is 4.98 Å². The van der Waals surface area contributed by atoms with Crippen molar-refractivity contribution in [3.8, 4) is 0 Å². The molecule has 0 aliphatic carbocycles. The van der Waals surface area contributed by atoms with E-state index in [1.807, 2.05) is 37.3 Å². The Balaban J connectivity index is 2.72. The lowest BCUT2D eigenvalue weighted by Crippen LogP contribution is -1.86. The van der Waals surface area contributed by atoms with E-state index < -0.39 is 0 Å². The molecule has 1 aromatic carbocycles. The highest BCUT2D eigenvalue weighted by molar-refractivity contribution is 14.1. The molecule has 0 bridgehead atoms. The number of benzene rings is 1. The molecule has 2 heteroatoms. The van der Waals surface area contributed by atoms with Crippen molar-refractivity contribution < 1.29 is 0 Å². The third-order valence-corrected chi connectivity index (χ3v) is 2.92. The lowest BCUT2D eigenvalue weighted by atomic mass is 10.2. The topological polar surface area (TPSA) is 12.9 Å². The van der Waals surface area contributed by atoms with Gasteiger partial charge in [0.15, 0.2) is 0 Å². The number of hydrogen-bond donors (Lipinski definition) is 0. The van der Waals surface area contributed by atoms with Crippen molar-refractivity contribution in [2.24, 2.45) is 0 Å². The van der Waals surface area contributed by atoms with Crippen LogP contribution in [0.1, 0.15) is 12.6 Å². The largest absolute Gasteiger partial charge is 0.248 e. The number of allylic oxidation sites excluding steroid dienone is 1. The molecule has 0 aliphatic heterocycles. The van der Waals surface area contributed by atoms with Gasteiger partial charge in [0.1, 0.15) is 0 Å². The summed E-state index contributed by atoms with van der Waals surface area (Å²) in [4.78, 5) is 4.53. The molecular weight excluding hydrogens is 285 g/mol. The van der Waals surface area contributed by atoms with Gasteiger partial charge >= 0.3 is 0 Å². The van der Waals surface area contributed by atoms with Gasteiger partial charge in [-0.05, 0) is 47.7 Å². The Morgan fingerprint density at radius 1 is 1.29 bits per heavy atom. The van der Waals surface area contributed by atoms with Crippen molar-refractivity contribution in [3.05, 3.63) is 45.7 Å². The molecule has 0 amide bonds. The zero-order chi connectivity index (χ0) is 9.97. The number of aromatic nitrogens is 1. The maximum atomic E-state index is 4.53. The number of rotatable bonds is 1. The maximum absolute atomic E-state index is 4.53. The number of halogens is 1. The number of nitrogens with zero attached hydrogens (tertiary/aromatic N) is 1. The first-order valence-electron chi connectivity index (χ1n) is 4.49. The van der Waals surface area contributed by atoms with Gasteiger partial charge in [0.2, 0.25) is 0 Å². The molecule has 0 spiro atoms. The van der Waals surface area contributed by atoms with Gasteiger partial charge in [0.05, 0.1) is 11.2 Å². The first-order valence-corrected chi connectivity index (χ1v) is 5.57. The second-order valence-corrected chi connectivity index (χ2v) is 4.21. The normalized spacial score (nSPS) is 11.3. The molecule has 0 atom stereocenters. The van der Waals surface area contributed by atoms with E-state index in [1.54, 1.807) is 0 Å². The van der Waals surface area contributed by atoms with Crippen molar-refractivity contribution in [3.63, 3.8) is 0 Å². The highest BCUT2D eigenvalue weighted by Crippen LogP contribution is 2.20. The van der Waals surface area contributed by atoms with E-state index in [1.165, 1.54) is 8.96 Å². The highest BCUT2D eigenvalue weighted by atomic mass is 127. The van der Waals surface area contributed by atoms with Crippen LogP contribution < -0.4 is 0 Å². The Kier molecular flexibility index (Phi) is 2.82. The van der Waals surface area contributed by atoms with Gasteiger partial charge < -0.3 is 0 Å². The number of para-hydroxylation sites is 1. The van der Waals surface area contributed by atoms with Gasteiger partial charge in [-0.2, -0.15) is 0 Å². The lowest BCUT2D eigenvalue weighted by molar-refractivity contribution is 1.36. The molecule has 1 aromatic heterocycles. The Bertz CT molecular complexity index is 489. The van der Waals surface area contributed by atoms with Crippen molar-refractivity contribution in [1.82, 2.24) is 4.98 Å². The SMILES string of the molecule is C/C=C/c1cc(I)c2ccccc2n1. The van der Waals surface area contributed by atoms with Crippen LogP contribution in [0.3, 0.4) is 0 Å². The van der Waals surface area contributed by atoms with E-state index >= 15 is 0 Å². The van der Waals surface area contributed by atoms with E-state index in [0.29, 0.717) is 0 Å². The van der Waals surface area contributed by atoms with E-state index in [0.717, 1.165) is 11.2 Å². The summed E-state index contributed by atoms with van der Waals surface area (Å²) < 4.78 is 1.25. The van der Waals surface area contributed by atoms with Gasteiger partial charge in [-0.1, -0.05) is 24.3 Å². The van der Waals surface area contributed by atoms with Gasteiger partial charge in [-0.15, -0.1) is 0 Å². The van der Waals surface area contributed by atoms with Gasteiger partial charge in [0.25, 0.3) is 0 Å². The Morgan fingerprint density at radius 2 is 2.07 bits per heavy atom. The van der Waals surface area contributed by atoms with Gasteiger partial charge in [-0.25, -0.2) is 4.98 Å². The molecule has 1 nitrogen and oxygen atoms in total. The molecule has 0 unspecified atom stereocenters. The van der Waals surface area contributed by atoms with Gasteiger partial charge in [0, 0.05) is 8.96 Å². The second-order valence-electron chi connectivity index (χ2n) is 3.05. The van der Waals surface area contributed by atoms with Crippen molar-refractivity contribution in [2.45, 2.75) is 6.92 Å². The second kappa shape index (κ2) is 4.09. The van der Waals surface area contributed by atoms with Crippen LogP contribution in [0.15, 0.2) is 36.4 Å². The minimum Gasteiger partial charge on any atom is -0.248 e. The van der Waals surface area contributed by atoms with Crippen LogP contribution in [0.4, 0.5) is 0 Å². The van der Waals surface area contributed by atoms with Crippen LogP contribution >= 0.6 is 22.6 Å². The molecule has 0 saturated heterocycles. The quantitative estimate of drug-likeness (QED) is 0.728. The monoisotopic (exact) mass is 295 g/mol. The van der Waals surface area contributed by atoms with Crippen LogP contribution in [0.5, 0.6) is 0 Å². The minimum atomic E-state index is 1.02. The first kappa shape index (κ1) is 9.65. The molecule has 0 fully saturated rings. The summed E-state index contributed by atoms with van der Waals surface area (Å²) in [5.41, 5.74) is 2.09. The van der Waals surface area contributed by atoms with E-state index in [-0.39, 0.29) is 0 Å². The number of hydrogen-bond acceptors (Lipinski definition) is 1. The average molecular weight is 295 g/mol. The number of pyridine rings is 1. The summed E-state index contributed by atoms with van der Waals surface area (Å²) in [6, 6.07) is 10.3.